The lowest BCUT2D eigenvalue weighted by Gasteiger charge is -2.06. The smallest absolute Gasteiger partial charge is 0.209 e. The first-order valence-electron chi connectivity index (χ1n) is 3.84. The Morgan fingerprint density at radius 1 is 1.40 bits per heavy atom. The van der Waals surface area contributed by atoms with E-state index in [2.05, 4.69) is 4.98 Å². The summed E-state index contributed by atoms with van der Waals surface area (Å²) in [6.07, 6.45) is -3.43. The molecule has 0 aromatic carbocycles. The van der Waals surface area contributed by atoms with Gasteiger partial charge in [-0.25, -0.2) is 13.8 Å². The molecule has 6 heteroatoms. The molecule has 15 heavy (non-hydrogen) atoms. The molecule has 0 saturated heterocycles. The van der Waals surface area contributed by atoms with E-state index in [-0.39, 0.29) is 0 Å². The van der Waals surface area contributed by atoms with Crippen molar-refractivity contribution in [2.45, 2.75) is 12.8 Å². The van der Waals surface area contributed by atoms with Crippen molar-refractivity contribution < 1.29 is 13.2 Å². The van der Waals surface area contributed by atoms with E-state index in [9.17, 15) is 13.2 Å². The molecule has 76 valence electrons. The third-order valence-corrected chi connectivity index (χ3v) is 1.71. The van der Waals surface area contributed by atoms with Gasteiger partial charge in [-0.15, -0.1) is 0 Å². The van der Waals surface area contributed by atoms with Gasteiger partial charge in [-0.2, -0.15) is 14.9 Å². The second kappa shape index (κ2) is 4.43. The summed E-state index contributed by atoms with van der Waals surface area (Å²) in [4.78, 5) is 3.14. The maximum atomic E-state index is 13.1. The van der Waals surface area contributed by atoms with E-state index in [0.29, 0.717) is 0 Å². The molecule has 0 saturated carbocycles. The molecule has 0 aliphatic rings. The Bertz CT molecular complexity index is 457. The van der Waals surface area contributed by atoms with Gasteiger partial charge in [-0.1, -0.05) is 0 Å². The highest BCUT2D eigenvalue weighted by Crippen LogP contribution is 2.25. The lowest BCUT2D eigenvalue weighted by molar-refractivity contribution is 0.149. The van der Waals surface area contributed by atoms with E-state index in [0.717, 1.165) is 6.07 Å². The van der Waals surface area contributed by atoms with E-state index in [1.54, 1.807) is 6.07 Å². The van der Waals surface area contributed by atoms with Gasteiger partial charge < -0.3 is 0 Å². The van der Waals surface area contributed by atoms with Crippen molar-refractivity contribution in [3.05, 3.63) is 28.8 Å². The summed E-state index contributed by atoms with van der Waals surface area (Å²) in [6.45, 7) is 0. The van der Waals surface area contributed by atoms with Gasteiger partial charge in [0.05, 0.1) is 12.5 Å². The second-order valence-corrected chi connectivity index (χ2v) is 2.61. The number of nitrogens with zero attached hydrogens (tertiary/aromatic N) is 3. The molecule has 1 aromatic heterocycles. The summed E-state index contributed by atoms with van der Waals surface area (Å²) in [6, 6.07) is 3.82. The summed E-state index contributed by atoms with van der Waals surface area (Å²) in [5.41, 5.74) is -1.53. The zero-order valence-electron chi connectivity index (χ0n) is 7.34. The molecule has 0 unspecified atom stereocenters. The predicted molar refractivity (Wildman–Crippen MR) is 43.2 cm³/mol. The Morgan fingerprint density at radius 3 is 2.53 bits per heavy atom. The fourth-order valence-electron chi connectivity index (χ4n) is 1.07. The Hall–Kier alpha value is -2.08. The molecule has 0 N–H and O–H groups in total. The van der Waals surface area contributed by atoms with Crippen molar-refractivity contribution in [3.8, 4) is 12.1 Å². The highest BCUT2D eigenvalue weighted by atomic mass is 19.3. The third-order valence-electron chi connectivity index (χ3n) is 1.71. The van der Waals surface area contributed by atoms with Crippen LogP contribution in [0.25, 0.3) is 0 Å². The molecular weight excluding hydrogens is 207 g/mol. The van der Waals surface area contributed by atoms with Crippen LogP contribution in [0.3, 0.4) is 0 Å². The largest absolute Gasteiger partial charge is 0.264 e. The predicted octanol–water partition coefficient (Wildman–Crippen LogP) is 2.10. The highest BCUT2D eigenvalue weighted by Gasteiger charge is 2.19. The van der Waals surface area contributed by atoms with Crippen LogP contribution in [0.15, 0.2) is 6.07 Å². The minimum atomic E-state index is -2.93. The molecule has 0 aliphatic carbocycles. The highest BCUT2D eigenvalue weighted by molar-refractivity contribution is 5.35. The number of alkyl halides is 2. The molecule has 0 fully saturated rings. The minimum Gasteiger partial charge on any atom is -0.209 e. The summed E-state index contributed by atoms with van der Waals surface area (Å²) >= 11 is 0. The Morgan fingerprint density at radius 2 is 2.07 bits per heavy atom. The fraction of sp³-hybridized carbons (Fsp3) is 0.222. The maximum Gasteiger partial charge on any atom is 0.264 e. The second-order valence-electron chi connectivity index (χ2n) is 2.61. The van der Waals surface area contributed by atoms with Crippen LogP contribution in [0.4, 0.5) is 13.2 Å². The van der Waals surface area contributed by atoms with E-state index in [4.69, 9.17) is 10.5 Å². The van der Waals surface area contributed by atoms with Gasteiger partial charge in [0.1, 0.15) is 11.8 Å². The number of rotatable bonds is 2. The van der Waals surface area contributed by atoms with Crippen LogP contribution >= 0.6 is 0 Å². The molecule has 3 nitrogen and oxygen atoms in total. The standard InChI is InChI=1S/C9H4F3N3/c10-8(11)7-3-5(4-14)15-9(12)6(7)1-2-13/h3,8H,1H2. The van der Waals surface area contributed by atoms with Crippen molar-refractivity contribution >= 4 is 0 Å². The van der Waals surface area contributed by atoms with Crippen molar-refractivity contribution in [3.63, 3.8) is 0 Å². The van der Waals surface area contributed by atoms with Crippen LogP contribution < -0.4 is 0 Å². The number of halogens is 3. The van der Waals surface area contributed by atoms with Crippen LogP contribution in [-0.4, -0.2) is 4.98 Å². The quantitative estimate of drug-likeness (QED) is 0.703. The Balaban J connectivity index is 3.38. The van der Waals surface area contributed by atoms with Crippen LogP contribution in [0.1, 0.15) is 23.2 Å². The van der Waals surface area contributed by atoms with Gasteiger partial charge in [-0.3, -0.25) is 0 Å². The van der Waals surface area contributed by atoms with Crippen LogP contribution in [-0.2, 0) is 6.42 Å². The number of nitriles is 2. The van der Waals surface area contributed by atoms with Gasteiger partial charge in [0.2, 0.25) is 5.95 Å². The molecule has 1 heterocycles. The third kappa shape index (κ3) is 2.23. The zero-order valence-corrected chi connectivity index (χ0v) is 7.34. The summed E-state index contributed by atoms with van der Waals surface area (Å²) in [5.74, 6) is -1.19. The first-order chi connectivity index (χ1) is 7.10. The van der Waals surface area contributed by atoms with Crippen molar-refractivity contribution in [2.75, 3.05) is 0 Å². The fourth-order valence-corrected chi connectivity index (χ4v) is 1.07. The lowest BCUT2D eigenvalue weighted by Crippen LogP contribution is -2.03. The monoisotopic (exact) mass is 211 g/mol. The van der Waals surface area contributed by atoms with Crippen LogP contribution in [0.5, 0.6) is 0 Å². The van der Waals surface area contributed by atoms with E-state index in [1.165, 1.54) is 6.07 Å². The van der Waals surface area contributed by atoms with Crippen LogP contribution in [0, 0.1) is 28.6 Å². The number of hydrogen-bond acceptors (Lipinski definition) is 3. The summed E-state index contributed by atoms with van der Waals surface area (Å²) < 4.78 is 38.0. The summed E-state index contributed by atoms with van der Waals surface area (Å²) in [5, 5.41) is 16.7. The molecule has 0 aliphatic heterocycles. The molecule has 0 radical (unpaired) electrons. The van der Waals surface area contributed by atoms with Gasteiger partial charge in [0, 0.05) is 11.1 Å². The normalized spacial score (nSPS) is 9.73. The minimum absolute atomic E-state index is 0.426. The van der Waals surface area contributed by atoms with Crippen molar-refractivity contribution in [1.82, 2.24) is 4.98 Å². The number of pyridine rings is 1. The first kappa shape index (κ1) is 11.0. The molecule has 0 atom stereocenters. The average Bonchev–Trinajstić information content (AvgIpc) is 2.20. The number of hydrogen-bond donors (Lipinski definition) is 0. The zero-order chi connectivity index (χ0) is 11.4. The van der Waals surface area contributed by atoms with Crippen molar-refractivity contribution in [2.24, 2.45) is 0 Å². The van der Waals surface area contributed by atoms with E-state index in [1.807, 2.05) is 0 Å². The SMILES string of the molecule is N#CCc1c(C(F)F)cc(C#N)nc1F. The molecular formula is C9H4F3N3. The number of aromatic nitrogens is 1. The molecule has 1 rings (SSSR count). The van der Waals surface area contributed by atoms with E-state index < -0.39 is 35.6 Å². The lowest BCUT2D eigenvalue weighted by atomic mass is 10.1. The van der Waals surface area contributed by atoms with Crippen molar-refractivity contribution in [1.29, 1.82) is 10.5 Å². The van der Waals surface area contributed by atoms with E-state index >= 15 is 0 Å². The Labute approximate surface area is 83.4 Å². The topological polar surface area (TPSA) is 60.5 Å². The molecule has 0 bridgehead atoms. The van der Waals surface area contributed by atoms with Gasteiger partial charge >= 0.3 is 0 Å². The molecule has 0 spiro atoms. The van der Waals surface area contributed by atoms with Gasteiger partial charge in [0.25, 0.3) is 6.43 Å². The molecule has 1 aromatic rings. The van der Waals surface area contributed by atoms with Gasteiger partial charge in [0.15, 0.2) is 0 Å². The maximum absolute atomic E-state index is 13.1. The summed E-state index contributed by atoms with van der Waals surface area (Å²) in [7, 11) is 0. The van der Waals surface area contributed by atoms with Crippen LogP contribution in [0.2, 0.25) is 0 Å². The molecule has 0 amide bonds. The van der Waals surface area contributed by atoms with Gasteiger partial charge in [-0.05, 0) is 6.07 Å². The first-order valence-corrected chi connectivity index (χ1v) is 3.84. The average molecular weight is 211 g/mol. The Kier molecular flexibility index (Phi) is 3.25.